The highest BCUT2D eigenvalue weighted by atomic mass is 35.5. The van der Waals surface area contributed by atoms with Gasteiger partial charge in [-0.1, -0.05) is 11.6 Å². The Morgan fingerprint density at radius 3 is 2.44 bits per heavy atom. The minimum absolute atomic E-state index is 0.134. The van der Waals surface area contributed by atoms with Crippen molar-refractivity contribution in [3.05, 3.63) is 23.0 Å². The van der Waals surface area contributed by atoms with Crippen LogP contribution in [-0.2, 0) is 6.18 Å². The summed E-state index contributed by atoms with van der Waals surface area (Å²) in [4.78, 5) is 5.43. The second-order valence-electron chi connectivity index (χ2n) is 3.73. The molecule has 0 saturated carbocycles. The third kappa shape index (κ3) is 2.24. The zero-order valence-electron chi connectivity index (χ0n) is 8.39. The molecule has 1 fully saturated rings. The Labute approximate surface area is 96.0 Å². The van der Waals surface area contributed by atoms with E-state index in [9.17, 15) is 13.2 Å². The molecule has 2 nitrogen and oxygen atoms in total. The van der Waals surface area contributed by atoms with E-state index in [4.69, 9.17) is 11.6 Å². The molecule has 16 heavy (non-hydrogen) atoms. The first-order valence-electron chi connectivity index (χ1n) is 4.96. The summed E-state index contributed by atoms with van der Waals surface area (Å²) in [6.45, 7) is 1.48. The monoisotopic (exact) mass is 250 g/mol. The molecule has 6 heteroatoms. The molecule has 2 rings (SSSR count). The van der Waals surface area contributed by atoms with Crippen LogP contribution in [0.5, 0.6) is 0 Å². The van der Waals surface area contributed by atoms with Crippen LogP contribution in [-0.4, -0.2) is 18.1 Å². The van der Waals surface area contributed by atoms with E-state index in [1.54, 1.807) is 0 Å². The Bertz CT molecular complexity index is 386. The van der Waals surface area contributed by atoms with Crippen LogP contribution < -0.4 is 4.90 Å². The van der Waals surface area contributed by atoms with Gasteiger partial charge in [0.2, 0.25) is 0 Å². The molecule has 0 spiro atoms. The summed E-state index contributed by atoms with van der Waals surface area (Å²) in [5, 5.41) is 0.134. The number of rotatable bonds is 1. The predicted octanol–water partition coefficient (Wildman–Crippen LogP) is 3.35. The van der Waals surface area contributed by atoms with Crippen LogP contribution in [0.15, 0.2) is 12.3 Å². The lowest BCUT2D eigenvalue weighted by Crippen LogP contribution is -2.19. The average molecular weight is 251 g/mol. The topological polar surface area (TPSA) is 16.1 Å². The molecule has 0 aromatic carbocycles. The molecule has 0 atom stereocenters. The fourth-order valence-electron chi connectivity index (χ4n) is 1.77. The van der Waals surface area contributed by atoms with E-state index in [2.05, 4.69) is 4.98 Å². The highest BCUT2D eigenvalue weighted by Crippen LogP contribution is 2.34. The summed E-state index contributed by atoms with van der Waals surface area (Å²) in [6, 6.07) is 1.07. The second kappa shape index (κ2) is 4.13. The molecule has 2 heterocycles. The molecule has 0 aliphatic carbocycles. The van der Waals surface area contributed by atoms with Gasteiger partial charge in [-0.05, 0) is 18.9 Å². The Morgan fingerprint density at radius 1 is 1.25 bits per heavy atom. The first kappa shape index (κ1) is 11.5. The van der Waals surface area contributed by atoms with Gasteiger partial charge < -0.3 is 4.90 Å². The van der Waals surface area contributed by atoms with Crippen LogP contribution in [0.2, 0.25) is 5.15 Å². The minimum Gasteiger partial charge on any atom is -0.369 e. The summed E-state index contributed by atoms with van der Waals surface area (Å²) < 4.78 is 37.5. The molecule has 1 saturated heterocycles. The molecular formula is C10H10ClF3N2. The Balaban J connectivity index is 2.36. The SMILES string of the molecule is FC(F)(F)c1cnc(Cl)c(N2CCCC2)c1. The lowest BCUT2D eigenvalue weighted by atomic mass is 10.2. The lowest BCUT2D eigenvalue weighted by Gasteiger charge is -2.19. The number of aromatic nitrogens is 1. The van der Waals surface area contributed by atoms with E-state index >= 15 is 0 Å². The third-order valence-corrected chi connectivity index (χ3v) is 2.89. The second-order valence-corrected chi connectivity index (χ2v) is 4.08. The number of pyridine rings is 1. The third-order valence-electron chi connectivity index (χ3n) is 2.59. The van der Waals surface area contributed by atoms with Gasteiger partial charge in [-0.2, -0.15) is 13.2 Å². The maximum atomic E-state index is 12.5. The Hall–Kier alpha value is -0.970. The summed E-state index contributed by atoms with van der Waals surface area (Å²) >= 11 is 5.81. The molecule has 0 radical (unpaired) electrons. The number of nitrogens with zero attached hydrogens (tertiary/aromatic N) is 2. The van der Waals surface area contributed by atoms with Gasteiger partial charge in [0.15, 0.2) is 5.15 Å². The number of hydrogen-bond acceptors (Lipinski definition) is 2. The van der Waals surface area contributed by atoms with E-state index in [0.717, 1.165) is 38.2 Å². The van der Waals surface area contributed by atoms with Crippen molar-refractivity contribution in [3.8, 4) is 0 Å². The van der Waals surface area contributed by atoms with Gasteiger partial charge in [0, 0.05) is 19.3 Å². The van der Waals surface area contributed by atoms with Crippen LogP contribution in [0.3, 0.4) is 0 Å². The number of hydrogen-bond donors (Lipinski definition) is 0. The van der Waals surface area contributed by atoms with Crippen molar-refractivity contribution in [1.29, 1.82) is 0 Å². The number of halogens is 4. The van der Waals surface area contributed by atoms with Crippen LogP contribution in [0.1, 0.15) is 18.4 Å². The van der Waals surface area contributed by atoms with Gasteiger partial charge in [-0.3, -0.25) is 0 Å². The van der Waals surface area contributed by atoms with E-state index in [0.29, 0.717) is 5.69 Å². The highest BCUT2D eigenvalue weighted by Gasteiger charge is 2.32. The molecule has 0 unspecified atom stereocenters. The first-order chi connectivity index (χ1) is 7.48. The molecule has 0 bridgehead atoms. The van der Waals surface area contributed by atoms with Crippen molar-refractivity contribution in [2.24, 2.45) is 0 Å². The minimum atomic E-state index is -4.37. The van der Waals surface area contributed by atoms with E-state index in [-0.39, 0.29) is 5.15 Å². The number of alkyl halides is 3. The molecule has 0 amide bonds. The maximum Gasteiger partial charge on any atom is 0.417 e. The summed E-state index contributed by atoms with van der Waals surface area (Å²) in [6.07, 6.45) is -1.65. The largest absolute Gasteiger partial charge is 0.417 e. The van der Waals surface area contributed by atoms with Crippen molar-refractivity contribution in [2.75, 3.05) is 18.0 Å². The average Bonchev–Trinajstić information content (AvgIpc) is 2.69. The summed E-state index contributed by atoms with van der Waals surface area (Å²) in [5.74, 6) is 0. The van der Waals surface area contributed by atoms with Crippen molar-refractivity contribution in [1.82, 2.24) is 4.98 Å². The van der Waals surface area contributed by atoms with Crippen molar-refractivity contribution >= 4 is 17.3 Å². The zero-order chi connectivity index (χ0) is 11.8. The van der Waals surface area contributed by atoms with E-state index in [1.807, 2.05) is 4.90 Å². The van der Waals surface area contributed by atoms with Crippen molar-refractivity contribution in [3.63, 3.8) is 0 Å². The van der Waals surface area contributed by atoms with Gasteiger partial charge in [0.1, 0.15) is 0 Å². The molecule has 88 valence electrons. The van der Waals surface area contributed by atoms with Crippen molar-refractivity contribution < 1.29 is 13.2 Å². The summed E-state index contributed by atoms with van der Waals surface area (Å²) in [5.41, 5.74) is -0.368. The quantitative estimate of drug-likeness (QED) is 0.711. The first-order valence-corrected chi connectivity index (χ1v) is 5.34. The van der Waals surface area contributed by atoms with Crippen LogP contribution in [0.25, 0.3) is 0 Å². The molecule has 1 aromatic rings. The van der Waals surface area contributed by atoms with E-state index < -0.39 is 11.7 Å². The van der Waals surface area contributed by atoms with Crippen LogP contribution in [0.4, 0.5) is 18.9 Å². The van der Waals surface area contributed by atoms with Crippen LogP contribution >= 0.6 is 11.6 Å². The fourth-order valence-corrected chi connectivity index (χ4v) is 1.99. The summed E-state index contributed by atoms with van der Waals surface area (Å²) in [7, 11) is 0. The standard InChI is InChI=1S/C10H10ClF3N2/c11-9-8(16-3-1-2-4-16)5-7(6-15-9)10(12,13)14/h5-6H,1-4H2. The lowest BCUT2D eigenvalue weighted by molar-refractivity contribution is -0.137. The van der Waals surface area contributed by atoms with Gasteiger partial charge in [-0.25, -0.2) is 4.98 Å². The molecule has 1 aromatic heterocycles. The van der Waals surface area contributed by atoms with Gasteiger partial charge in [-0.15, -0.1) is 0 Å². The predicted molar refractivity (Wildman–Crippen MR) is 55.7 cm³/mol. The van der Waals surface area contributed by atoms with Gasteiger partial charge >= 0.3 is 6.18 Å². The molecule has 0 N–H and O–H groups in total. The van der Waals surface area contributed by atoms with E-state index in [1.165, 1.54) is 0 Å². The Kier molecular flexibility index (Phi) is 2.97. The van der Waals surface area contributed by atoms with Gasteiger partial charge in [0.05, 0.1) is 11.3 Å². The maximum absolute atomic E-state index is 12.5. The van der Waals surface area contributed by atoms with Crippen LogP contribution in [0, 0.1) is 0 Å². The molecular weight excluding hydrogens is 241 g/mol. The highest BCUT2D eigenvalue weighted by molar-refractivity contribution is 6.32. The normalized spacial score (nSPS) is 16.9. The van der Waals surface area contributed by atoms with Crippen molar-refractivity contribution in [2.45, 2.75) is 19.0 Å². The number of anilines is 1. The fraction of sp³-hybridized carbons (Fsp3) is 0.500. The molecule has 1 aliphatic heterocycles. The Morgan fingerprint density at radius 2 is 1.88 bits per heavy atom. The zero-order valence-corrected chi connectivity index (χ0v) is 9.15. The smallest absolute Gasteiger partial charge is 0.369 e. The van der Waals surface area contributed by atoms with Gasteiger partial charge in [0.25, 0.3) is 0 Å². The molecule has 1 aliphatic rings.